The summed E-state index contributed by atoms with van der Waals surface area (Å²) in [5, 5.41) is 0. The Morgan fingerprint density at radius 1 is 1.29 bits per heavy atom. The summed E-state index contributed by atoms with van der Waals surface area (Å²) in [6, 6.07) is 0. The van der Waals surface area contributed by atoms with Crippen molar-refractivity contribution in [1.82, 2.24) is 0 Å². The first kappa shape index (κ1) is 21.4. The zero-order valence-corrected chi connectivity index (χ0v) is 18.6. The fraction of sp³-hybridized carbons (Fsp3) is 0.731. The van der Waals surface area contributed by atoms with E-state index in [-0.39, 0.29) is 11.4 Å². The van der Waals surface area contributed by atoms with Gasteiger partial charge in [0.1, 0.15) is 0 Å². The van der Waals surface area contributed by atoms with E-state index in [1.54, 1.807) is 11.6 Å². The molecule has 5 atom stereocenters. The summed E-state index contributed by atoms with van der Waals surface area (Å²) >= 11 is 0. The van der Waals surface area contributed by atoms with Gasteiger partial charge in [-0.2, -0.15) is 0 Å². The van der Waals surface area contributed by atoms with E-state index >= 15 is 0 Å². The number of esters is 1. The molecule has 0 heterocycles. The lowest BCUT2D eigenvalue weighted by atomic mass is 9.45. The van der Waals surface area contributed by atoms with E-state index in [1.165, 1.54) is 44.9 Å². The topological polar surface area (TPSA) is 26.3 Å². The lowest BCUT2D eigenvalue weighted by Gasteiger charge is -2.59. The van der Waals surface area contributed by atoms with E-state index < -0.39 is 0 Å². The first-order valence-electron chi connectivity index (χ1n) is 11.4. The van der Waals surface area contributed by atoms with E-state index in [1.807, 2.05) is 13.0 Å². The first-order valence-corrected chi connectivity index (χ1v) is 11.4. The highest BCUT2D eigenvalue weighted by Gasteiger charge is 2.54. The second-order valence-corrected chi connectivity index (χ2v) is 10.4. The molecule has 28 heavy (non-hydrogen) atoms. The molecule has 2 saturated carbocycles. The van der Waals surface area contributed by atoms with Crippen molar-refractivity contribution >= 4 is 5.97 Å². The van der Waals surface area contributed by atoms with Crippen LogP contribution in [0, 0.1) is 28.1 Å². The zero-order chi connectivity index (χ0) is 20.4. The average molecular weight is 385 g/mol. The Morgan fingerprint density at radius 2 is 2.07 bits per heavy atom. The van der Waals surface area contributed by atoms with Crippen molar-refractivity contribution in [1.29, 1.82) is 0 Å². The molecule has 0 bridgehead atoms. The summed E-state index contributed by atoms with van der Waals surface area (Å²) < 4.78 is 5.01. The van der Waals surface area contributed by atoms with Gasteiger partial charge in [-0.1, -0.05) is 51.0 Å². The van der Waals surface area contributed by atoms with Crippen molar-refractivity contribution in [3.05, 3.63) is 36.5 Å². The molecular weight excluding hydrogens is 344 g/mol. The Hall–Kier alpha value is -1.31. The van der Waals surface area contributed by atoms with Crippen LogP contribution >= 0.6 is 0 Å². The molecule has 156 valence electrons. The van der Waals surface area contributed by atoms with Crippen molar-refractivity contribution in [2.75, 3.05) is 6.61 Å². The van der Waals surface area contributed by atoms with Crippen LogP contribution in [-0.4, -0.2) is 12.6 Å². The van der Waals surface area contributed by atoms with E-state index in [2.05, 4.69) is 39.5 Å². The largest absolute Gasteiger partial charge is 0.463 e. The molecule has 2 nitrogen and oxygen atoms in total. The Kier molecular flexibility index (Phi) is 6.27. The molecule has 0 aromatic rings. The number of allylic oxidation sites excluding steroid dienone is 4. The molecule has 0 saturated heterocycles. The lowest BCUT2D eigenvalue weighted by molar-refractivity contribution is -0.137. The van der Waals surface area contributed by atoms with Gasteiger partial charge in [0.25, 0.3) is 0 Å². The molecule has 3 rings (SSSR count). The second-order valence-electron chi connectivity index (χ2n) is 10.4. The Labute approximate surface area is 172 Å². The minimum absolute atomic E-state index is 0.209. The van der Waals surface area contributed by atoms with Crippen LogP contribution in [0.3, 0.4) is 0 Å². The van der Waals surface area contributed by atoms with Crippen molar-refractivity contribution in [2.45, 2.75) is 85.5 Å². The molecule has 0 aromatic carbocycles. The van der Waals surface area contributed by atoms with Gasteiger partial charge in [-0.05, 0) is 86.4 Å². The van der Waals surface area contributed by atoms with Crippen LogP contribution in [0.1, 0.15) is 85.5 Å². The Balaban J connectivity index is 1.74. The van der Waals surface area contributed by atoms with Gasteiger partial charge in [-0.3, -0.25) is 0 Å². The fourth-order valence-electron chi connectivity index (χ4n) is 6.83. The maximum absolute atomic E-state index is 11.6. The summed E-state index contributed by atoms with van der Waals surface area (Å²) in [6.45, 7) is 13.9. The van der Waals surface area contributed by atoms with Crippen LogP contribution in [0.5, 0.6) is 0 Å². The Morgan fingerprint density at radius 3 is 2.79 bits per heavy atom. The zero-order valence-electron chi connectivity index (χ0n) is 18.6. The second kappa shape index (κ2) is 8.20. The summed E-state index contributed by atoms with van der Waals surface area (Å²) in [4.78, 5) is 11.6. The van der Waals surface area contributed by atoms with E-state index in [0.717, 1.165) is 24.7 Å². The fourth-order valence-corrected chi connectivity index (χ4v) is 6.83. The van der Waals surface area contributed by atoms with Crippen LogP contribution in [-0.2, 0) is 9.53 Å². The van der Waals surface area contributed by atoms with Crippen LogP contribution in [0.4, 0.5) is 0 Å². The van der Waals surface area contributed by atoms with E-state index in [0.29, 0.717) is 17.4 Å². The average Bonchev–Trinajstić information content (AvgIpc) is 2.65. The van der Waals surface area contributed by atoms with Crippen molar-refractivity contribution < 1.29 is 9.53 Å². The summed E-state index contributed by atoms with van der Waals surface area (Å²) in [6.07, 6.45) is 19.7. The van der Waals surface area contributed by atoms with E-state index in [4.69, 9.17) is 4.74 Å². The minimum Gasteiger partial charge on any atom is -0.463 e. The third-order valence-corrected chi connectivity index (χ3v) is 8.37. The number of carbonyl (C=O) groups excluding carboxylic acids is 1. The van der Waals surface area contributed by atoms with Crippen molar-refractivity contribution in [3.8, 4) is 0 Å². The quantitative estimate of drug-likeness (QED) is 0.279. The molecular formula is C26H40O2. The molecule has 0 aliphatic heterocycles. The summed E-state index contributed by atoms with van der Waals surface area (Å²) in [5.41, 5.74) is 2.80. The normalized spacial score (nSPS) is 40.4. The van der Waals surface area contributed by atoms with Gasteiger partial charge in [-0.25, -0.2) is 4.79 Å². The molecule has 2 heteroatoms. The molecule has 3 aliphatic rings. The summed E-state index contributed by atoms with van der Waals surface area (Å²) in [5.74, 6) is 1.31. The maximum atomic E-state index is 11.6. The van der Waals surface area contributed by atoms with Crippen LogP contribution in [0.15, 0.2) is 36.5 Å². The van der Waals surface area contributed by atoms with Gasteiger partial charge in [-0.15, -0.1) is 6.58 Å². The van der Waals surface area contributed by atoms with Gasteiger partial charge >= 0.3 is 5.97 Å². The van der Waals surface area contributed by atoms with E-state index in [9.17, 15) is 4.79 Å². The first-order chi connectivity index (χ1) is 13.3. The predicted molar refractivity (Wildman–Crippen MR) is 117 cm³/mol. The third kappa shape index (κ3) is 4.02. The molecule has 2 unspecified atom stereocenters. The number of rotatable bonds is 6. The van der Waals surface area contributed by atoms with Crippen LogP contribution in [0.2, 0.25) is 0 Å². The van der Waals surface area contributed by atoms with Gasteiger partial charge in [0.15, 0.2) is 0 Å². The monoisotopic (exact) mass is 384 g/mol. The smallest absolute Gasteiger partial charge is 0.330 e. The number of ether oxygens (including phenoxy) is 1. The van der Waals surface area contributed by atoms with Gasteiger partial charge in [0, 0.05) is 6.08 Å². The number of carbonyl (C=O) groups is 1. The minimum atomic E-state index is -0.209. The Bertz CT molecular complexity index is 659. The molecule has 0 aromatic heterocycles. The number of hydrogen-bond donors (Lipinski definition) is 0. The number of hydrogen-bond acceptors (Lipinski definition) is 2. The highest BCUT2D eigenvalue weighted by molar-refractivity contribution is 5.81. The maximum Gasteiger partial charge on any atom is 0.330 e. The number of fused-ring (bicyclic) bond motifs is 3. The molecule has 0 N–H and O–H groups in total. The highest BCUT2D eigenvalue weighted by Crippen LogP contribution is 2.64. The van der Waals surface area contributed by atoms with Crippen LogP contribution in [0.25, 0.3) is 0 Å². The SMILES string of the molecule is C=C[C@@]1(C)CC=C2C(CCC3[C@](C)(CC/C=C/C(=O)OCC)CCC[C@@]23C)C1. The highest BCUT2D eigenvalue weighted by atomic mass is 16.5. The summed E-state index contributed by atoms with van der Waals surface area (Å²) in [7, 11) is 0. The predicted octanol–water partition coefficient (Wildman–Crippen LogP) is 7.02. The van der Waals surface area contributed by atoms with Crippen molar-refractivity contribution in [2.24, 2.45) is 28.1 Å². The van der Waals surface area contributed by atoms with Crippen LogP contribution < -0.4 is 0 Å². The van der Waals surface area contributed by atoms with Gasteiger partial charge in [0.05, 0.1) is 6.61 Å². The lowest BCUT2D eigenvalue weighted by Crippen LogP contribution is -2.50. The van der Waals surface area contributed by atoms with Crippen molar-refractivity contribution in [3.63, 3.8) is 0 Å². The van der Waals surface area contributed by atoms with Gasteiger partial charge < -0.3 is 4.74 Å². The molecule has 0 radical (unpaired) electrons. The molecule has 0 amide bonds. The third-order valence-electron chi connectivity index (χ3n) is 8.37. The molecule has 2 fully saturated rings. The van der Waals surface area contributed by atoms with Gasteiger partial charge in [0.2, 0.25) is 0 Å². The molecule has 3 aliphatic carbocycles. The standard InChI is InChI=1S/C26H40O2/c1-6-24(3)18-14-21-20(19-24)12-13-22-25(4,16-10-17-26(21,22)5)15-9-8-11-23(27)28-7-2/h6,8,11,14,20,22H,1,7,9-10,12-13,15-19H2,2-5H3/b11-8+/t20?,22?,24-,25+,26-/m0/s1. The molecule has 0 spiro atoms.